The molecule has 0 radical (unpaired) electrons. The molecular weight excluding hydrogens is 252 g/mol. The van der Waals surface area contributed by atoms with E-state index in [4.69, 9.17) is 17.2 Å². The Kier molecular flexibility index (Phi) is 3.00. The molecule has 0 saturated carbocycles. The Labute approximate surface area is 98.2 Å². The summed E-state index contributed by atoms with van der Waals surface area (Å²) in [7, 11) is 0. The summed E-state index contributed by atoms with van der Waals surface area (Å²) in [6, 6.07) is -1.90. The lowest BCUT2D eigenvalue weighted by Gasteiger charge is -2.24. The first-order valence-electron chi connectivity index (χ1n) is 4.33. The smallest absolute Gasteiger partial charge is 0.323 e. The van der Waals surface area contributed by atoms with Crippen LogP contribution in [0.4, 0.5) is 0 Å². The minimum absolute atomic E-state index is 0.403. The quantitative estimate of drug-likeness (QED) is 0.287. The van der Waals surface area contributed by atoms with E-state index in [0.717, 1.165) is 0 Å². The van der Waals surface area contributed by atoms with Gasteiger partial charge in [0.1, 0.15) is 0 Å². The summed E-state index contributed by atoms with van der Waals surface area (Å²) >= 11 is 0. The van der Waals surface area contributed by atoms with Gasteiger partial charge in [0.15, 0.2) is 11.7 Å². The molecule has 6 N–H and O–H groups in total. The summed E-state index contributed by atoms with van der Waals surface area (Å²) in [6.07, 6.45) is 0.403. The third-order valence-corrected chi connectivity index (χ3v) is 2.42. The number of rotatable bonds is 3. The Morgan fingerprint density at radius 3 is 2.00 bits per heavy atom. The van der Waals surface area contributed by atoms with Crippen molar-refractivity contribution in [1.82, 2.24) is 0 Å². The van der Waals surface area contributed by atoms with E-state index in [1.165, 1.54) is 0 Å². The molecule has 1 aliphatic carbocycles. The van der Waals surface area contributed by atoms with E-state index in [1.807, 2.05) is 0 Å². The molecule has 0 heterocycles. The van der Waals surface area contributed by atoms with Gasteiger partial charge in [-0.2, -0.15) is 0 Å². The fourth-order valence-corrected chi connectivity index (χ4v) is 1.43. The van der Waals surface area contributed by atoms with Crippen LogP contribution in [0.1, 0.15) is 0 Å². The van der Waals surface area contributed by atoms with Crippen LogP contribution in [-0.4, -0.2) is 26.5 Å². The van der Waals surface area contributed by atoms with E-state index in [9.17, 15) is 30.3 Å². The van der Waals surface area contributed by atoms with Gasteiger partial charge in [-0.3, -0.25) is 36.1 Å². The number of hydrogen-bond acceptors (Lipinski definition) is 9. The fraction of sp³-hybridized carbons (Fsp3) is 0.333. The van der Waals surface area contributed by atoms with Crippen LogP contribution in [0.2, 0.25) is 0 Å². The molecule has 1 aliphatic rings. The van der Waals surface area contributed by atoms with Crippen molar-refractivity contribution in [2.24, 2.45) is 17.2 Å². The summed E-state index contributed by atoms with van der Waals surface area (Å²) in [6.45, 7) is 0. The molecule has 0 aliphatic heterocycles. The van der Waals surface area contributed by atoms with Gasteiger partial charge in [0, 0.05) is 4.92 Å². The van der Waals surface area contributed by atoms with Crippen LogP contribution in [0.3, 0.4) is 0 Å². The molecule has 2 unspecified atom stereocenters. The van der Waals surface area contributed by atoms with Crippen molar-refractivity contribution in [2.75, 3.05) is 0 Å². The monoisotopic (exact) mass is 260 g/mol. The minimum Gasteiger partial charge on any atom is -0.388 e. The summed E-state index contributed by atoms with van der Waals surface area (Å²) < 4.78 is 0. The maximum Gasteiger partial charge on any atom is 0.323 e. The normalized spacial score (nSPS) is 27.7. The van der Waals surface area contributed by atoms with Gasteiger partial charge in [-0.25, -0.2) is 0 Å². The zero-order chi connectivity index (χ0) is 14.2. The van der Waals surface area contributed by atoms with Crippen molar-refractivity contribution in [3.8, 4) is 0 Å². The van der Waals surface area contributed by atoms with Gasteiger partial charge in [-0.05, 0) is 0 Å². The first kappa shape index (κ1) is 13.5. The van der Waals surface area contributed by atoms with Crippen LogP contribution < -0.4 is 17.2 Å². The van der Waals surface area contributed by atoms with Crippen LogP contribution in [-0.2, 0) is 0 Å². The van der Waals surface area contributed by atoms with E-state index in [-0.39, 0.29) is 0 Å². The molecule has 1 rings (SSSR count). The molecule has 0 aromatic rings. The fourth-order valence-electron chi connectivity index (χ4n) is 1.43. The standard InChI is InChI=1S/C6H8N6O6/c7-3-2(10(13)14)1-6(9,12(17)18)5(8)4(3)11(15)16/h1,5H,7-9H2. The minimum atomic E-state index is -2.66. The molecule has 0 amide bonds. The van der Waals surface area contributed by atoms with Crippen molar-refractivity contribution >= 4 is 0 Å². The Balaban J connectivity index is 3.57. The highest BCUT2D eigenvalue weighted by molar-refractivity contribution is 5.37. The van der Waals surface area contributed by atoms with Gasteiger partial charge < -0.3 is 11.5 Å². The summed E-state index contributed by atoms with van der Waals surface area (Å²) in [5.41, 5.74) is 10.2. The predicted molar refractivity (Wildman–Crippen MR) is 55.2 cm³/mol. The zero-order valence-corrected chi connectivity index (χ0v) is 8.68. The lowest BCUT2D eigenvalue weighted by molar-refractivity contribution is -0.566. The second kappa shape index (κ2) is 4.01. The molecule has 0 bridgehead atoms. The third-order valence-electron chi connectivity index (χ3n) is 2.42. The highest BCUT2D eigenvalue weighted by Crippen LogP contribution is 2.28. The highest BCUT2D eigenvalue weighted by Gasteiger charge is 2.57. The van der Waals surface area contributed by atoms with Crippen molar-refractivity contribution in [3.05, 3.63) is 53.5 Å². The van der Waals surface area contributed by atoms with Gasteiger partial charge in [-0.1, -0.05) is 0 Å². The average molecular weight is 260 g/mol. The van der Waals surface area contributed by atoms with Crippen LogP contribution in [0.5, 0.6) is 0 Å². The second-order valence-corrected chi connectivity index (χ2v) is 3.46. The Hall–Kier alpha value is -2.60. The average Bonchev–Trinajstić information content (AvgIpc) is 2.22. The molecular formula is C6H8N6O6. The molecule has 12 heteroatoms. The Morgan fingerprint density at radius 2 is 1.67 bits per heavy atom. The largest absolute Gasteiger partial charge is 0.388 e. The van der Waals surface area contributed by atoms with Crippen molar-refractivity contribution in [3.63, 3.8) is 0 Å². The van der Waals surface area contributed by atoms with Gasteiger partial charge in [0.05, 0.1) is 15.9 Å². The summed E-state index contributed by atoms with van der Waals surface area (Å²) in [5, 5.41) is 32.1. The van der Waals surface area contributed by atoms with Crippen molar-refractivity contribution in [2.45, 2.75) is 11.7 Å². The lowest BCUT2D eigenvalue weighted by atomic mass is 9.91. The van der Waals surface area contributed by atoms with E-state index >= 15 is 0 Å². The number of nitrogens with zero attached hydrogens (tertiary/aromatic N) is 3. The van der Waals surface area contributed by atoms with Gasteiger partial charge >= 0.3 is 17.1 Å². The van der Waals surface area contributed by atoms with Gasteiger partial charge in [0.2, 0.25) is 0 Å². The maximum atomic E-state index is 10.8. The third kappa shape index (κ3) is 1.74. The van der Waals surface area contributed by atoms with E-state index < -0.39 is 43.6 Å². The number of hydrogen-bond donors (Lipinski definition) is 3. The van der Waals surface area contributed by atoms with E-state index in [1.54, 1.807) is 0 Å². The highest BCUT2D eigenvalue weighted by atomic mass is 16.6. The molecule has 0 spiro atoms. The number of nitro groups is 3. The summed E-state index contributed by atoms with van der Waals surface area (Å²) in [4.78, 5) is 28.8. The van der Waals surface area contributed by atoms with Gasteiger partial charge in [-0.15, -0.1) is 0 Å². The molecule has 12 nitrogen and oxygen atoms in total. The molecule has 0 aromatic heterocycles. The molecule has 0 fully saturated rings. The van der Waals surface area contributed by atoms with Crippen LogP contribution in [0.25, 0.3) is 0 Å². The Morgan fingerprint density at radius 1 is 1.17 bits per heavy atom. The first-order chi connectivity index (χ1) is 8.12. The van der Waals surface area contributed by atoms with E-state index in [2.05, 4.69) is 0 Å². The zero-order valence-electron chi connectivity index (χ0n) is 8.68. The topological polar surface area (TPSA) is 207 Å². The molecule has 18 heavy (non-hydrogen) atoms. The molecule has 2 atom stereocenters. The van der Waals surface area contributed by atoms with Gasteiger partial charge in [0.25, 0.3) is 0 Å². The molecule has 0 saturated heterocycles. The number of nitrogens with two attached hydrogens (primary N) is 3. The lowest BCUT2D eigenvalue weighted by Crippen LogP contribution is -2.63. The van der Waals surface area contributed by atoms with Crippen LogP contribution >= 0.6 is 0 Å². The first-order valence-corrected chi connectivity index (χ1v) is 4.33. The SMILES string of the molecule is NC1=C([N+](=O)[O-])C(N)C(N)([N+](=O)[O-])C=C1[N+](=O)[O-]. The van der Waals surface area contributed by atoms with E-state index in [0.29, 0.717) is 6.08 Å². The maximum absolute atomic E-state index is 10.8. The van der Waals surface area contributed by atoms with Crippen molar-refractivity contribution in [1.29, 1.82) is 0 Å². The Bertz CT molecular complexity index is 511. The van der Waals surface area contributed by atoms with Crippen LogP contribution in [0.15, 0.2) is 23.2 Å². The van der Waals surface area contributed by atoms with Crippen molar-refractivity contribution < 1.29 is 14.8 Å². The summed E-state index contributed by atoms with van der Waals surface area (Å²) in [5.74, 6) is 0. The second-order valence-electron chi connectivity index (χ2n) is 3.46. The molecule has 0 aromatic carbocycles. The molecule has 98 valence electrons. The van der Waals surface area contributed by atoms with Crippen LogP contribution in [0, 0.1) is 30.3 Å². The predicted octanol–water partition coefficient (Wildman–Crippen LogP) is -2.13.